The maximum Gasteiger partial charge on any atom is 0.260 e. The van der Waals surface area contributed by atoms with E-state index < -0.39 is 0 Å². The molecule has 0 radical (unpaired) electrons. The number of benzene rings is 1. The summed E-state index contributed by atoms with van der Waals surface area (Å²) in [4.78, 5) is 20.0. The topological polar surface area (TPSA) is 64.1 Å². The molecule has 0 saturated carbocycles. The van der Waals surface area contributed by atoms with Crippen LogP contribution in [0.1, 0.15) is 10.4 Å². The molecular formula is C12H10BrN3O2. The minimum Gasteiger partial charge on any atom is -0.496 e. The van der Waals surface area contributed by atoms with E-state index in [-0.39, 0.29) is 5.91 Å². The number of ether oxygens (including phenoxy) is 1. The number of para-hydroxylation sites is 1. The van der Waals surface area contributed by atoms with Gasteiger partial charge in [-0.1, -0.05) is 12.1 Å². The number of amides is 1. The fraction of sp³-hybridized carbons (Fsp3) is 0.0833. The highest BCUT2D eigenvalue weighted by Gasteiger charge is 2.11. The second-order valence-corrected chi connectivity index (χ2v) is 4.19. The van der Waals surface area contributed by atoms with Crippen molar-refractivity contribution in [2.45, 2.75) is 0 Å². The van der Waals surface area contributed by atoms with Crippen molar-refractivity contribution < 1.29 is 9.53 Å². The molecule has 2 aromatic rings. The highest BCUT2D eigenvalue weighted by atomic mass is 79.9. The van der Waals surface area contributed by atoms with Gasteiger partial charge in [0.05, 0.1) is 25.1 Å². The first-order valence-corrected chi connectivity index (χ1v) is 5.92. The van der Waals surface area contributed by atoms with Crippen molar-refractivity contribution in [1.29, 1.82) is 0 Å². The molecule has 0 aliphatic carbocycles. The smallest absolute Gasteiger partial charge is 0.260 e. The Labute approximate surface area is 112 Å². The Kier molecular flexibility index (Phi) is 3.88. The first-order valence-electron chi connectivity index (χ1n) is 5.12. The molecule has 92 valence electrons. The van der Waals surface area contributed by atoms with Gasteiger partial charge in [-0.3, -0.25) is 4.79 Å². The Bertz CT molecular complexity index is 558. The number of aromatic nitrogens is 2. The summed E-state index contributed by atoms with van der Waals surface area (Å²) in [5.74, 6) is 0.609. The molecule has 0 atom stereocenters. The zero-order valence-electron chi connectivity index (χ0n) is 9.55. The molecule has 0 aliphatic rings. The molecule has 0 aliphatic heterocycles. The number of nitrogens with zero attached hydrogens (tertiary/aromatic N) is 2. The third-order valence-electron chi connectivity index (χ3n) is 2.21. The molecule has 0 saturated heterocycles. The average molecular weight is 308 g/mol. The minimum absolute atomic E-state index is 0.288. The van der Waals surface area contributed by atoms with Crippen molar-refractivity contribution in [1.82, 2.24) is 9.97 Å². The van der Waals surface area contributed by atoms with Crippen LogP contribution in [0.25, 0.3) is 0 Å². The number of halogens is 1. The van der Waals surface area contributed by atoms with E-state index in [0.717, 1.165) is 0 Å². The number of hydrogen-bond donors (Lipinski definition) is 1. The van der Waals surface area contributed by atoms with Crippen molar-refractivity contribution in [2.24, 2.45) is 0 Å². The van der Waals surface area contributed by atoms with Gasteiger partial charge in [-0.2, -0.15) is 0 Å². The Morgan fingerprint density at radius 2 is 2.06 bits per heavy atom. The second kappa shape index (κ2) is 5.59. The number of rotatable bonds is 3. The van der Waals surface area contributed by atoms with E-state index in [1.807, 2.05) is 0 Å². The van der Waals surface area contributed by atoms with Gasteiger partial charge in [-0.15, -0.1) is 0 Å². The van der Waals surface area contributed by atoms with E-state index in [9.17, 15) is 4.79 Å². The number of hydrogen-bond acceptors (Lipinski definition) is 4. The first kappa shape index (κ1) is 12.5. The lowest BCUT2D eigenvalue weighted by atomic mass is 10.2. The number of nitrogens with one attached hydrogen (secondary N) is 1. The Morgan fingerprint density at radius 3 is 2.72 bits per heavy atom. The molecule has 5 nitrogen and oxygen atoms in total. The van der Waals surface area contributed by atoms with Gasteiger partial charge in [-0.05, 0) is 28.1 Å². The van der Waals surface area contributed by atoms with Crippen LogP contribution in [0.5, 0.6) is 5.75 Å². The lowest BCUT2D eigenvalue weighted by molar-refractivity contribution is 0.102. The van der Waals surface area contributed by atoms with Crippen molar-refractivity contribution in [3.63, 3.8) is 0 Å². The molecule has 1 heterocycles. The molecule has 1 N–H and O–H groups in total. The van der Waals surface area contributed by atoms with Crippen LogP contribution in [0.3, 0.4) is 0 Å². The van der Waals surface area contributed by atoms with E-state index >= 15 is 0 Å². The summed E-state index contributed by atoms with van der Waals surface area (Å²) in [6.45, 7) is 0. The molecule has 0 fully saturated rings. The van der Waals surface area contributed by atoms with Crippen LogP contribution < -0.4 is 10.1 Å². The Hall–Kier alpha value is -1.95. The highest BCUT2D eigenvalue weighted by molar-refractivity contribution is 9.10. The Balaban J connectivity index is 2.19. The zero-order chi connectivity index (χ0) is 13.0. The number of carbonyl (C=O) groups excluding carboxylic acids is 1. The Morgan fingerprint density at radius 1 is 1.28 bits per heavy atom. The van der Waals surface area contributed by atoms with Crippen LogP contribution >= 0.6 is 15.9 Å². The molecule has 0 unspecified atom stereocenters. The summed E-state index contributed by atoms with van der Waals surface area (Å²) in [5, 5.41) is 2.65. The standard InChI is InChI=1S/C12H10BrN3O2/c1-18-9-5-3-2-4-8(9)12(17)16-11-7-14-10(13)6-15-11/h2-7H,1H3,(H,15,16,17). The van der Waals surface area contributed by atoms with Gasteiger partial charge < -0.3 is 10.1 Å². The maximum absolute atomic E-state index is 12.0. The maximum atomic E-state index is 12.0. The van der Waals surface area contributed by atoms with Gasteiger partial charge in [0.1, 0.15) is 10.4 Å². The molecule has 0 spiro atoms. The molecule has 1 amide bonds. The van der Waals surface area contributed by atoms with Crippen LogP contribution in [0.4, 0.5) is 5.82 Å². The SMILES string of the molecule is COc1ccccc1C(=O)Nc1cnc(Br)cn1. The molecule has 1 aromatic carbocycles. The predicted molar refractivity (Wildman–Crippen MR) is 70.7 cm³/mol. The summed E-state index contributed by atoms with van der Waals surface area (Å²) in [6.07, 6.45) is 2.98. The largest absolute Gasteiger partial charge is 0.496 e. The van der Waals surface area contributed by atoms with Crippen molar-refractivity contribution in [3.8, 4) is 5.75 Å². The summed E-state index contributed by atoms with van der Waals surface area (Å²) in [6, 6.07) is 6.97. The van der Waals surface area contributed by atoms with Crippen LogP contribution in [0, 0.1) is 0 Å². The molecule has 0 bridgehead atoms. The highest BCUT2D eigenvalue weighted by Crippen LogP contribution is 2.18. The van der Waals surface area contributed by atoms with E-state index in [1.165, 1.54) is 19.5 Å². The number of anilines is 1. The van der Waals surface area contributed by atoms with E-state index in [1.54, 1.807) is 24.3 Å². The van der Waals surface area contributed by atoms with Gasteiger partial charge >= 0.3 is 0 Å². The monoisotopic (exact) mass is 307 g/mol. The van der Waals surface area contributed by atoms with Gasteiger partial charge in [0.15, 0.2) is 5.82 Å². The van der Waals surface area contributed by atoms with E-state index in [4.69, 9.17) is 4.74 Å². The number of methoxy groups -OCH3 is 1. The molecular weight excluding hydrogens is 298 g/mol. The summed E-state index contributed by atoms with van der Waals surface area (Å²) >= 11 is 3.17. The second-order valence-electron chi connectivity index (χ2n) is 3.38. The minimum atomic E-state index is -0.288. The van der Waals surface area contributed by atoms with Gasteiger partial charge in [0, 0.05) is 0 Å². The fourth-order valence-corrected chi connectivity index (χ4v) is 1.60. The molecule has 1 aromatic heterocycles. The van der Waals surface area contributed by atoms with Crippen LogP contribution in [-0.2, 0) is 0 Å². The lowest BCUT2D eigenvalue weighted by Crippen LogP contribution is -2.14. The summed E-state index contributed by atoms with van der Waals surface area (Å²) in [5.41, 5.74) is 0.449. The van der Waals surface area contributed by atoms with Crippen LogP contribution in [0.15, 0.2) is 41.3 Å². The molecule has 2 rings (SSSR count). The van der Waals surface area contributed by atoms with Crippen molar-refractivity contribution in [3.05, 3.63) is 46.8 Å². The zero-order valence-corrected chi connectivity index (χ0v) is 11.1. The average Bonchev–Trinajstić information content (AvgIpc) is 2.41. The van der Waals surface area contributed by atoms with Gasteiger partial charge in [0.25, 0.3) is 5.91 Å². The third kappa shape index (κ3) is 2.84. The third-order valence-corrected chi connectivity index (χ3v) is 2.62. The van der Waals surface area contributed by atoms with E-state index in [0.29, 0.717) is 21.7 Å². The molecule has 6 heteroatoms. The first-order chi connectivity index (χ1) is 8.70. The van der Waals surface area contributed by atoms with E-state index in [2.05, 4.69) is 31.2 Å². The normalized spacial score (nSPS) is 9.89. The fourth-order valence-electron chi connectivity index (χ4n) is 1.39. The van der Waals surface area contributed by atoms with Crippen LogP contribution in [-0.4, -0.2) is 23.0 Å². The van der Waals surface area contributed by atoms with Crippen molar-refractivity contribution >= 4 is 27.7 Å². The van der Waals surface area contributed by atoms with Gasteiger partial charge in [0.2, 0.25) is 0 Å². The quantitative estimate of drug-likeness (QED) is 0.946. The predicted octanol–water partition coefficient (Wildman–Crippen LogP) is 2.50. The molecule has 18 heavy (non-hydrogen) atoms. The lowest BCUT2D eigenvalue weighted by Gasteiger charge is -2.08. The van der Waals surface area contributed by atoms with Crippen molar-refractivity contribution in [2.75, 3.05) is 12.4 Å². The summed E-state index contributed by atoms with van der Waals surface area (Å²) in [7, 11) is 1.52. The van der Waals surface area contributed by atoms with Gasteiger partial charge in [-0.25, -0.2) is 9.97 Å². The summed E-state index contributed by atoms with van der Waals surface area (Å²) < 4.78 is 5.73. The van der Waals surface area contributed by atoms with Crippen LogP contribution in [0.2, 0.25) is 0 Å². The number of carbonyl (C=O) groups is 1.